The van der Waals surface area contributed by atoms with E-state index >= 15 is 0 Å². The number of benzene rings is 3. The molecule has 154 valence electrons. The van der Waals surface area contributed by atoms with Gasteiger partial charge in [-0.05, 0) is 48.9 Å². The van der Waals surface area contributed by atoms with Crippen molar-refractivity contribution in [3.05, 3.63) is 100 Å². The van der Waals surface area contributed by atoms with Crippen LogP contribution in [0.25, 0.3) is 17.1 Å². The molecule has 1 aromatic heterocycles. The van der Waals surface area contributed by atoms with Crippen LogP contribution in [0, 0.1) is 22.9 Å². The number of nitro groups is 1. The van der Waals surface area contributed by atoms with E-state index in [1.54, 1.807) is 12.1 Å². The molecule has 8 nitrogen and oxygen atoms in total. The van der Waals surface area contributed by atoms with Gasteiger partial charge in [0.2, 0.25) is 5.82 Å². The molecule has 4 aromatic rings. The number of hydrogen-bond donors (Lipinski definition) is 1. The van der Waals surface area contributed by atoms with E-state index in [9.17, 15) is 19.3 Å². The number of halogens is 1. The van der Waals surface area contributed by atoms with E-state index < -0.39 is 16.6 Å². The minimum absolute atomic E-state index is 0.130. The number of anilines is 1. The Labute approximate surface area is 176 Å². The van der Waals surface area contributed by atoms with Crippen LogP contribution >= 0.6 is 0 Å². The van der Waals surface area contributed by atoms with Crippen LogP contribution in [0.15, 0.2) is 72.8 Å². The summed E-state index contributed by atoms with van der Waals surface area (Å²) in [7, 11) is 0. The molecule has 0 atom stereocenters. The van der Waals surface area contributed by atoms with E-state index in [-0.39, 0.29) is 17.2 Å². The molecule has 1 N–H and O–H groups in total. The van der Waals surface area contributed by atoms with Crippen LogP contribution in [0.2, 0.25) is 0 Å². The molecule has 3 aromatic carbocycles. The lowest BCUT2D eigenvalue weighted by Crippen LogP contribution is -2.14. The second-order valence-electron chi connectivity index (χ2n) is 6.73. The monoisotopic (exact) mass is 417 g/mol. The van der Waals surface area contributed by atoms with Crippen molar-refractivity contribution in [2.75, 3.05) is 5.32 Å². The van der Waals surface area contributed by atoms with Gasteiger partial charge in [-0.25, -0.2) is 14.1 Å². The summed E-state index contributed by atoms with van der Waals surface area (Å²) in [6.07, 6.45) is 0. The number of nitrogens with zero attached hydrogens (tertiary/aromatic N) is 4. The lowest BCUT2D eigenvalue weighted by atomic mass is 10.1. The van der Waals surface area contributed by atoms with Gasteiger partial charge >= 0.3 is 0 Å². The quantitative estimate of drug-likeness (QED) is 0.379. The molecule has 1 heterocycles. The maximum Gasteiger partial charge on any atom is 0.295 e. The predicted octanol–water partition coefficient (Wildman–Crippen LogP) is 4.54. The lowest BCUT2D eigenvalue weighted by molar-refractivity contribution is -0.384. The number of nitro benzene ring substituents is 1. The third-order valence-corrected chi connectivity index (χ3v) is 4.57. The van der Waals surface area contributed by atoms with Gasteiger partial charge in [0.15, 0.2) is 5.82 Å². The van der Waals surface area contributed by atoms with Crippen molar-refractivity contribution in [2.45, 2.75) is 6.92 Å². The van der Waals surface area contributed by atoms with E-state index in [0.717, 1.165) is 5.56 Å². The molecule has 9 heteroatoms. The molecular weight excluding hydrogens is 401 g/mol. The zero-order valence-electron chi connectivity index (χ0n) is 16.3. The smallest absolute Gasteiger partial charge is 0.295 e. The molecule has 4 rings (SSSR count). The number of carbonyl (C=O) groups is 1. The molecule has 0 bridgehead atoms. The van der Waals surface area contributed by atoms with E-state index in [0.29, 0.717) is 17.1 Å². The molecule has 31 heavy (non-hydrogen) atoms. The number of aromatic nitrogens is 3. The molecule has 0 saturated carbocycles. The molecular formula is C22H16FN5O3. The van der Waals surface area contributed by atoms with Crippen molar-refractivity contribution in [3.63, 3.8) is 0 Å². The van der Waals surface area contributed by atoms with Crippen molar-refractivity contribution in [2.24, 2.45) is 0 Å². The van der Waals surface area contributed by atoms with E-state index in [1.807, 2.05) is 31.2 Å². The zero-order valence-corrected chi connectivity index (χ0v) is 16.3. The second-order valence-corrected chi connectivity index (χ2v) is 6.73. The van der Waals surface area contributed by atoms with Gasteiger partial charge < -0.3 is 5.32 Å². The Morgan fingerprint density at radius 1 is 1.06 bits per heavy atom. The van der Waals surface area contributed by atoms with Crippen molar-refractivity contribution < 1.29 is 14.1 Å². The molecule has 0 saturated heterocycles. The van der Waals surface area contributed by atoms with Gasteiger partial charge in [0.1, 0.15) is 5.82 Å². The predicted molar refractivity (Wildman–Crippen MR) is 113 cm³/mol. The molecule has 0 spiro atoms. The van der Waals surface area contributed by atoms with Crippen LogP contribution in [0.4, 0.5) is 15.8 Å². The number of carbonyl (C=O) groups excluding carboxylic acids is 1. The lowest BCUT2D eigenvalue weighted by Gasteiger charge is -2.08. The molecule has 0 aliphatic heterocycles. The second kappa shape index (κ2) is 8.15. The summed E-state index contributed by atoms with van der Waals surface area (Å²) in [5.41, 5.74) is 2.29. The normalized spacial score (nSPS) is 10.6. The average molecular weight is 417 g/mol. The Morgan fingerprint density at radius 2 is 1.81 bits per heavy atom. The van der Waals surface area contributed by atoms with Gasteiger partial charge in [-0.3, -0.25) is 14.9 Å². The highest BCUT2D eigenvalue weighted by Crippen LogP contribution is 2.24. The number of hydrogen-bond acceptors (Lipinski definition) is 5. The first kappa shape index (κ1) is 19.9. The van der Waals surface area contributed by atoms with Gasteiger partial charge in [-0.1, -0.05) is 24.3 Å². The number of aryl methyl sites for hydroxylation is 1. The van der Waals surface area contributed by atoms with Gasteiger partial charge in [0.05, 0.1) is 10.6 Å². The highest BCUT2D eigenvalue weighted by Gasteiger charge is 2.20. The van der Waals surface area contributed by atoms with Gasteiger partial charge in [-0.15, -0.1) is 5.10 Å². The van der Waals surface area contributed by atoms with Crippen molar-refractivity contribution >= 4 is 17.3 Å². The summed E-state index contributed by atoms with van der Waals surface area (Å²) in [4.78, 5) is 27.6. The van der Waals surface area contributed by atoms with E-state index in [4.69, 9.17) is 0 Å². The highest BCUT2D eigenvalue weighted by molar-refractivity contribution is 6.02. The topological polar surface area (TPSA) is 103 Å². The minimum Gasteiger partial charge on any atom is -0.319 e. The van der Waals surface area contributed by atoms with Gasteiger partial charge in [0.25, 0.3) is 11.6 Å². The average Bonchev–Trinajstić information content (AvgIpc) is 3.20. The highest BCUT2D eigenvalue weighted by atomic mass is 19.1. The Bertz CT molecular complexity index is 1280. The fourth-order valence-corrected chi connectivity index (χ4v) is 3.05. The minimum atomic E-state index is -0.629. The largest absolute Gasteiger partial charge is 0.319 e. The number of nitrogens with one attached hydrogen (secondary N) is 1. The standard InChI is InChI=1S/C22H16FN5O3/c1-14-5-2-3-8-19(14)27-21(15-9-11-16(23)12-10-15)25-20(26-27)22(29)24-17-6-4-7-18(13-17)28(30)31/h2-13H,1H3,(H,24,29). The SMILES string of the molecule is Cc1ccccc1-n1nc(C(=O)Nc2cccc([N+](=O)[O-])c2)nc1-c1ccc(F)cc1. The fourth-order valence-electron chi connectivity index (χ4n) is 3.05. The number of para-hydroxylation sites is 1. The van der Waals surface area contributed by atoms with Crippen molar-refractivity contribution in [1.29, 1.82) is 0 Å². The van der Waals surface area contributed by atoms with E-state index in [2.05, 4.69) is 15.4 Å². The van der Waals surface area contributed by atoms with Crippen LogP contribution in [0.1, 0.15) is 16.2 Å². The first-order valence-electron chi connectivity index (χ1n) is 9.27. The molecule has 0 radical (unpaired) electrons. The summed E-state index contributed by atoms with van der Waals surface area (Å²) < 4.78 is 14.9. The Morgan fingerprint density at radius 3 is 2.52 bits per heavy atom. The Kier molecular flexibility index (Phi) is 5.23. The Hall–Kier alpha value is -4.40. The molecule has 1 amide bonds. The Balaban J connectivity index is 1.75. The number of amides is 1. The summed E-state index contributed by atoms with van der Waals surface area (Å²) in [6.45, 7) is 1.90. The summed E-state index contributed by atoms with van der Waals surface area (Å²) in [5, 5.41) is 17.9. The van der Waals surface area contributed by atoms with Crippen LogP contribution in [-0.2, 0) is 0 Å². The fraction of sp³-hybridized carbons (Fsp3) is 0.0455. The molecule has 0 aliphatic rings. The molecule has 0 unspecified atom stereocenters. The maximum atomic E-state index is 13.4. The zero-order chi connectivity index (χ0) is 22.0. The first-order valence-corrected chi connectivity index (χ1v) is 9.27. The third-order valence-electron chi connectivity index (χ3n) is 4.57. The van der Waals surface area contributed by atoms with Gasteiger partial charge in [0, 0.05) is 23.4 Å². The molecule has 0 fully saturated rings. The number of non-ortho nitro benzene ring substituents is 1. The van der Waals surface area contributed by atoms with Crippen LogP contribution in [-0.4, -0.2) is 25.6 Å². The third kappa shape index (κ3) is 4.15. The maximum absolute atomic E-state index is 13.4. The number of rotatable bonds is 5. The van der Waals surface area contributed by atoms with Crippen LogP contribution in [0.5, 0.6) is 0 Å². The molecule has 0 aliphatic carbocycles. The van der Waals surface area contributed by atoms with Crippen LogP contribution in [0.3, 0.4) is 0 Å². The van der Waals surface area contributed by atoms with E-state index in [1.165, 1.54) is 41.1 Å². The first-order chi connectivity index (χ1) is 14.9. The van der Waals surface area contributed by atoms with Crippen molar-refractivity contribution in [3.8, 4) is 17.1 Å². The van der Waals surface area contributed by atoms with Gasteiger partial charge in [-0.2, -0.15) is 0 Å². The van der Waals surface area contributed by atoms with Crippen molar-refractivity contribution in [1.82, 2.24) is 14.8 Å². The summed E-state index contributed by atoms with van der Waals surface area (Å²) in [5.74, 6) is -0.793. The summed E-state index contributed by atoms with van der Waals surface area (Å²) >= 11 is 0. The van der Waals surface area contributed by atoms with Crippen LogP contribution < -0.4 is 5.32 Å². The summed E-state index contributed by atoms with van der Waals surface area (Å²) in [6, 6.07) is 18.7.